The minimum Gasteiger partial charge on any atom is -0.508 e. The van der Waals surface area contributed by atoms with Crippen molar-refractivity contribution < 1.29 is 13.5 Å². The van der Waals surface area contributed by atoms with E-state index in [0.717, 1.165) is 36.0 Å². The molecule has 0 atom stereocenters. The number of aryl methyl sites for hydroxylation is 1. The summed E-state index contributed by atoms with van der Waals surface area (Å²) in [4.78, 5) is 0.369. The van der Waals surface area contributed by atoms with Crippen LogP contribution in [0, 0.1) is 6.92 Å². The zero-order valence-corrected chi connectivity index (χ0v) is 14.5. The van der Waals surface area contributed by atoms with E-state index < -0.39 is 10.0 Å². The molecule has 24 heavy (non-hydrogen) atoms. The smallest absolute Gasteiger partial charge is 0.243 e. The highest BCUT2D eigenvalue weighted by Gasteiger charge is 2.53. The zero-order valence-electron chi connectivity index (χ0n) is 13.7. The van der Waals surface area contributed by atoms with Crippen LogP contribution in [0.2, 0.25) is 0 Å². The fraction of sp³-hybridized carbons (Fsp3) is 0.368. The maximum atomic E-state index is 13.2. The van der Waals surface area contributed by atoms with E-state index in [4.69, 9.17) is 0 Å². The van der Waals surface area contributed by atoms with Gasteiger partial charge in [-0.05, 0) is 68.0 Å². The lowest BCUT2D eigenvalue weighted by atomic mass is 9.99. The number of fused-ring (bicyclic) bond motifs is 1. The van der Waals surface area contributed by atoms with E-state index in [2.05, 4.69) is 0 Å². The fourth-order valence-electron chi connectivity index (χ4n) is 3.70. The lowest BCUT2D eigenvalue weighted by Crippen LogP contribution is -2.43. The van der Waals surface area contributed by atoms with Crippen molar-refractivity contribution in [2.45, 2.75) is 43.0 Å². The molecule has 1 aliphatic heterocycles. The second-order valence-corrected chi connectivity index (χ2v) is 8.86. The van der Waals surface area contributed by atoms with Crippen LogP contribution in [0.1, 0.15) is 29.5 Å². The van der Waals surface area contributed by atoms with E-state index in [0.29, 0.717) is 17.9 Å². The van der Waals surface area contributed by atoms with Crippen LogP contribution in [0.5, 0.6) is 5.75 Å². The summed E-state index contributed by atoms with van der Waals surface area (Å²) < 4.78 is 28.1. The van der Waals surface area contributed by atoms with E-state index in [1.807, 2.05) is 25.1 Å². The SMILES string of the molecule is Cc1ccc(S(=O)(=O)N2CCc3cc(O)ccc3CC23CC3)cc1. The lowest BCUT2D eigenvalue weighted by Gasteiger charge is -2.29. The highest BCUT2D eigenvalue weighted by molar-refractivity contribution is 7.89. The first-order chi connectivity index (χ1) is 11.4. The van der Waals surface area contributed by atoms with E-state index in [9.17, 15) is 13.5 Å². The summed E-state index contributed by atoms with van der Waals surface area (Å²) in [5.74, 6) is 0.244. The molecule has 126 valence electrons. The normalized spacial score (nSPS) is 19.7. The third-order valence-corrected chi connectivity index (χ3v) is 7.28. The van der Waals surface area contributed by atoms with Crippen molar-refractivity contribution in [2.24, 2.45) is 0 Å². The van der Waals surface area contributed by atoms with Crippen LogP contribution < -0.4 is 0 Å². The van der Waals surface area contributed by atoms with E-state index >= 15 is 0 Å². The van der Waals surface area contributed by atoms with E-state index in [-0.39, 0.29) is 11.3 Å². The Morgan fingerprint density at radius 1 is 1.04 bits per heavy atom. The molecule has 0 unspecified atom stereocenters. The first-order valence-corrected chi connectivity index (χ1v) is 9.75. The fourth-order valence-corrected chi connectivity index (χ4v) is 5.53. The third-order valence-electron chi connectivity index (χ3n) is 5.26. The topological polar surface area (TPSA) is 57.6 Å². The number of phenols is 1. The van der Waals surface area contributed by atoms with E-state index in [1.54, 1.807) is 28.6 Å². The molecule has 2 aliphatic rings. The first-order valence-electron chi connectivity index (χ1n) is 8.31. The van der Waals surface area contributed by atoms with Gasteiger partial charge in [0.05, 0.1) is 4.90 Å². The summed E-state index contributed by atoms with van der Waals surface area (Å²) in [5, 5.41) is 9.72. The number of nitrogens with zero attached hydrogens (tertiary/aromatic N) is 1. The summed E-state index contributed by atoms with van der Waals surface area (Å²) in [5.41, 5.74) is 2.98. The number of hydrogen-bond donors (Lipinski definition) is 1. The number of aromatic hydroxyl groups is 1. The molecule has 5 heteroatoms. The van der Waals surface area contributed by atoms with Gasteiger partial charge in [-0.2, -0.15) is 4.31 Å². The van der Waals surface area contributed by atoms with E-state index in [1.165, 1.54) is 0 Å². The van der Waals surface area contributed by atoms with Crippen molar-refractivity contribution >= 4 is 10.0 Å². The Labute approximate surface area is 142 Å². The predicted octanol–water partition coefficient (Wildman–Crippen LogP) is 3.02. The first kappa shape index (κ1) is 15.7. The Balaban J connectivity index is 1.73. The molecular weight excluding hydrogens is 322 g/mol. The highest BCUT2D eigenvalue weighted by Crippen LogP contribution is 2.49. The molecule has 0 amide bonds. The number of hydrogen-bond acceptors (Lipinski definition) is 3. The molecule has 0 radical (unpaired) electrons. The summed E-state index contributed by atoms with van der Waals surface area (Å²) in [7, 11) is -3.50. The molecule has 1 spiro atoms. The van der Waals surface area contributed by atoms with Gasteiger partial charge in [-0.15, -0.1) is 0 Å². The Bertz CT molecular complexity index is 883. The van der Waals surface area contributed by atoms with Gasteiger partial charge >= 0.3 is 0 Å². The largest absolute Gasteiger partial charge is 0.508 e. The molecule has 4 rings (SSSR count). The molecule has 2 aromatic rings. The van der Waals surface area contributed by atoms with Crippen molar-refractivity contribution in [3.05, 3.63) is 59.2 Å². The molecule has 2 aromatic carbocycles. The quantitative estimate of drug-likeness (QED) is 0.912. The molecule has 1 N–H and O–H groups in total. The van der Waals surface area contributed by atoms with Gasteiger partial charge in [0.15, 0.2) is 0 Å². The van der Waals surface area contributed by atoms with Gasteiger partial charge in [-0.25, -0.2) is 8.42 Å². The lowest BCUT2D eigenvalue weighted by molar-refractivity contribution is 0.308. The molecular formula is C19H21NO3S. The molecule has 1 saturated carbocycles. The second-order valence-electron chi connectivity index (χ2n) is 6.99. The van der Waals surface area contributed by atoms with Crippen molar-refractivity contribution in [3.8, 4) is 5.75 Å². The molecule has 1 aliphatic carbocycles. The van der Waals surface area contributed by atoms with Crippen LogP contribution in [-0.4, -0.2) is 29.9 Å². The van der Waals surface area contributed by atoms with Crippen LogP contribution in [0.25, 0.3) is 0 Å². The summed E-state index contributed by atoms with van der Waals surface area (Å²) >= 11 is 0. The molecule has 1 heterocycles. The Hall–Kier alpha value is -1.85. The number of rotatable bonds is 2. The van der Waals surface area contributed by atoms with Crippen LogP contribution in [0.4, 0.5) is 0 Å². The number of benzene rings is 2. The average Bonchev–Trinajstić information content (AvgIpc) is 3.32. The van der Waals surface area contributed by atoms with Crippen molar-refractivity contribution in [2.75, 3.05) is 6.54 Å². The summed E-state index contributed by atoms with van der Waals surface area (Å²) in [6.07, 6.45) is 3.17. The van der Waals surface area contributed by atoms with Crippen molar-refractivity contribution in [3.63, 3.8) is 0 Å². The maximum Gasteiger partial charge on any atom is 0.243 e. The second kappa shape index (κ2) is 5.33. The van der Waals surface area contributed by atoms with Gasteiger partial charge in [0.2, 0.25) is 10.0 Å². The molecule has 0 saturated heterocycles. The van der Waals surface area contributed by atoms with Crippen molar-refractivity contribution in [1.29, 1.82) is 0 Å². The van der Waals surface area contributed by atoms with Gasteiger partial charge in [0.25, 0.3) is 0 Å². The number of sulfonamides is 1. The minimum absolute atomic E-state index is 0.244. The average molecular weight is 343 g/mol. The summed E-state index contributed by atoms with van der Waals surface area (Å²) in [6.45, 7) is 2.42. The van der Waals surface area contributed by atoms with Crippen LogP contribution in [0.3, 0.4) is 0 Å². The van der Waals surface area contributed by atoms with Gasteiger partial charge in [0.1, 0.15) is 5.75 Å². The molecule has 4 nitrogen and oxygen atoms in total. The Morgan fingerprint density at radius 3 is 2.42 bits per heavy atom. The standard InChI is InChI=1S/C19H21NO3S/c1-14-2-6-18(7-3-14)24(22,23)20-11-8-15-12-17(21)5-4-16(15)13-19(20)9-10-19/h2-7,12,21H,8-11,13H2,1H3. The Morgan fingerprint density at radius 2 is 1.75 bits per heavy atom. The van der Waals surface area contributed by atoms with Crippen molar-refractivity contribution in [1.82, 2.24) is 4.31 Å². The molecule has 0 aromatic heterocycles. The molecule has 0 bridgehead atoms. The molecule has 1 fully saturated rings. The van der Waals surface area contributed by atoms with Gasteiger partial charge in [-0.3, -0.25) is 0 Å². The summed E-state index contributed by atoms with van der Waals surface area (Å²) in [6, 6.07) is 12.5. The van der Waals surface area contributed by atoms with Crippen LogP contribution in [-0.2, 0) is 22.9 Å². The maximum absolute atomic E-state index is 13.2. The van der Waals surface area contributed by atoms with Gasteiger partial charge in [-0.1, -0.05) is 23.8 Å². The number of phenolic OH excluding ortho intramolecular Hbond substituents is 1. The van der Waals surface area contributed by atoms with Gasteiger partial charge < -0.3 is 5.11 Å². The monoisotopic (exact) mass is 343 g/mol. The Kier molecular flexibility index (Phi) is 3.48. The van der Waals surface area contributed by atoms with Gasteiger partial charge in [0, 0.05) is 12.1 Å². The predicted molar refractivity (Wildman–Crippen MR) is 92.6 cm³/mol. The van der Waals surface area contributed by atoms with Crippen LogP contribution in [0.15, 0.2) is 47.4 Å². The third kappa shape index (κ3) is 2.52. The highest BCUT2D eigenvalue weighted by atomic mass is 32.2. The zero-order chi connectivity index (χ0) is 16.9. The minimum atomic E-state index is -3.50. The van der Waals surface area contributed by atoms with Crippen LogP contribution >= 0.6 is 0 Å².